The van der Waals surface area contributed by atoms with Crippen molar-refractivity contribution in [3.05, 3.63) is 35.4 Å². The normalized spacial score (nSPS) is 11.9. The first-order chi connectivity index (χ1) is 8.17. The van der Waals surface area contributed by atoms with E-state index < -0.39 is 0 Å². The van der Waals surface area contributed by atoms with E-state index in [4.69, 9.17) is 5.11 Å². The Bertz CT molecular complexity index is 373. The Morgan fingerprint density at radius 1 is 1.41 bits per heavy atom. The maximum absolute atomic E-state index is 11.5. The topological polar surface area (TPSA) is 66.4 Å². The fourth-order valence-electron chi connectivity index (χ4n) is 1.48. The number of aliphatic hydroxyl groups is 1. The number of nitrogens with one attached hydrogen (secondary N) is 1. The summed E-state index contributed by atoms with van der Waals surface area (Å²) in [6, 6.07) is 7.13. The Hall–Kier alpha value is -1.68. The standard InChI is InChI=1S/C13H17NO3/c1-10(9-16)8-11-2-4-12(5-3-11)13(17)14-6-7-15/h2-5,9-10,15H,6-8H2,1H3,(H,14,17). The van der Waals surface area contributed by atoms with Crippen LogP contribution < -0.4 is 5.32 Å². The van der Waals surface area contributed by atoms with Crippen molar-refractivity contribution in [2.75, 3.05) is 13.2 Å². The van der Waals surface area contributed by atoms with Crippen LogP contribution in [-0.4, -0.2) is 30.5 Å². The third-order valence-electron chi connectivity index (χ3n) is 2.40. The molecule has 0 fully saturated rings. The first kappa shape index (κ1) is 13.4. The third-order valence-corrected chi connectivity index (χ3v) is 2.40. The molecule has 1 unspecified atom stereocenters. The second kappa shape index (κ2) is 6.81. The van der Waals surface area contributed by atoms with E-state index in [1.54, 1.807) is 12.1 Å². The molecule has 17 heavy (non-hydrogen) atoms. The van der Waals surface area contributed by atoms with E-state index in [1.807, 2.05) is 19.1 Å². The van der Waals surface area contributed by atoms with Crippen molar-refractivity contribution in [1.82, 2.24) is 5.32 Å². The molecule has 0 aliphatic heterocycles. The lowest BCUT2D eigenvalue weighted by Crippen LogP contribution is -2.26. The van der Waals surface area contributed by atoms with E-state index in [9.17, 15) is 9.59 Å². The molecule has 1 amide bonds. The van der Waals surface area contributed by atoms with Gasteiger partial charge in [-0.3, -0.25) is 4.79 Å². The molecule has 1 rings (SSSR count). The molecule has 1 atom stereocenters. The van der Waals surface area contributed by atoms with Crippen molar-refractivity contribution in [2.24, 2.45) is 5.92 Å². The number of hydrogen-bond acceptors (Lipinski definition) is 3. The number of carbonyl (C=O) groups is 2. The van der Waals surface area contributed by atoms with Crippen LogP contribution in [0, 0.1) is 5.92 Å². The van der Waals surface area contributed by atoms with E-state index in [0.29, 0.717) is 12.0 Å². The van der Waals surface area contributed by atoms with E-state index in [0.717, 1.165) is 11.8 Å². The Morgan fingerprint density at radius 2 is 2.06 bits per heavy atom. The molecule has 4 heteroatoms. The largest absolute Gasteiger partial charge is 0.395 e. The minimum absolute atomic E-state index is 0.0101. The molecule has 0 aliphatic carbocycles. The van der Waals surface area contributed by atoms with Gasteiger partial charge in [0.2, 0.25) is 0 Å². The second-order valence-electron chi connectivity index (χ2n) is 3.99. The van der Waals surface area contributed by atoms with Gasteiger partial charge in [0.05, 0.1) is 6.61 Å². The predicted octanol–water partition coefficient (Wildman–Crippen LogP) is 0.786. The molecule has 0 heterocycles. The molecule has 0 saturated carbocycles. The smallest absolute Gasteiger partial charge is 0.251 e. The minimum Gasteiger partial charge on any atom is -0.395 e. The summed E-state index contributed by atoms with van der Waals surface area (Å²) in [4.78, 5) is 22.0. The number of amides is 1. The predicted molar refractivity (Wildman–Crippen MR) is 64.8 cm³/mol. The van der Waals surface area contributed by atoms with E-state index in [2.05, 4.69) is 5.32 Å². The van der Waals surface area contributed by atoms with Gasteiger partial charge in [0.1, 0.15) is 6.29 Å². The summed E-state index contributed by atoms with van der Waals surface area (Å²) in [5.41, 5.74) is 1.59. The highest BCUT2D eigenvalue weighted by Gasteiger charge is 2.05. The number of benzene rings is 1. The molecule has 2 N–H and O–H groups in total. The maximum atomic E-state index is 11.5. The van der Waals surface area contributed by atoms with Gasteiger partial charge in [-0.2, -0.15) is 0 Å². The summed E-state index contributed by atoms with van der Waals surface area (Å²) < 4.78 is 0. The summed E-state index contributed by atoms with van der Waals surface area (Å²) in [7, 11) is 0. The minimum atomic E-state index is -0.200. The Balaban J connectivity index is 2.61. The van der Waals surface area contributed by atoms with Gasteiger partial charge < -0.3 is 15.2 Å². The van der Waals surface area contributed by atoms with Crippen molar-refractivity contribution >= 4 is 12.2 Å². The molecule has 0 aromatic heterocycles. The van der Waals surface area contributed by atoms with Gasteiger partial charge in [-0.25, -0.2) is 0 Å². The number of hydrogen-bond donors (Lipinski definition) is 2. The lowest BCUT2D eigenvalue weighted by molar-refractivity contribution is -0.110. The fourth-order valence-corrected chi connectivity index (χ4v) is 1.48. The number of aldehydes is 1. The lowest BCUT2D eigenvalue weighted by atomic mass is 10.0. The van der Waals surface area contributed by atoms with E-state index in [-0.39, 0.29) is 25.0 Å². The highest BCUT2D eigenvalue weighted by Crippen LogP contribution is 2.09. The molecule has 1 aromatic rings. The second-order valence-corrected chi connectivity index (χ2v) is 3.99. The third kappa shape index (κ3) is 4.36. The fraction of sp³-hybridized carbons (Fsp3) is 0.385. The lowest BCUT2D eigenvalue weighted by Gasteiger charge is -2.06. The van der Waals surface area contributed by atoms with Crippen LogP contribution in [-0.2, 0) is 11.2 Å². The number of aliphatic hydroxyl groups excluding tert-OH is 1. The highest BCUT2D eigenvalue weighted by molar-refractivity contribution is 5.94. The molecule has 0 bridgehead atoms. The van der Waals surface area contributed by atoms with Crippen molar-refractivity contribution in [3.63, 3.8) is 0 Å². The highest BCUT2D eigenvalue weighted by atomic mass is 16.3. The summed E-state index contributed by atoms with van der Waals surface area (Å²) in [5.74, 6) is -0.210. The van der Waals surface area contributed by atoms with Crippen LogP contribution in [0.5, 0.6) is 0 Å². The number of carbonyl (C=O) groups excluding carboxylic acids is 2. The van der Waals surface area contributed by atoms with Crippen LogP contribution in [0.25, 0.3) is 0 Å². The summed E-state index contributed by atoms with van der Waals surface area (Å²) in [6.07, 6.45) is 1.60. The molecule has 0 radical (unpaired) electrons. The summed E-state index contributed by atoms with van der Waals surface area (Å²) in [5, 5.41) is 11.2. The van der Waals surface area contributed by atoms with E-state index >= 15 is 0 Å². The first-order valence-electron chi connectivity index (χ1n) is 5.60. The van der Waals surface area contributed by atoms with Gasteiger partial charge in [-0.1, -0.05) is 19.1 Å². The molecule has 92 valence electrons. The molecule has 0 aliphatic rings. The van der Waals surface area contributed by atoms with Crippen LogP contribution in [0.15, 0.2) is 24.3 Å². The van der Waals surface area contributed by atoms with Gasteiger partial charge in [0.15, 0.2) is 0 Å². The average molecular weight is 235 g/mol. The zero-order valence-electron chi connectivity index (χ0n) is 9.85. The zero-order chi connectivity index (χ0) is 12.7. The van der Waals surface area contributed by atoms with Gasteiger partial charge in [-0.15, -0.1) is 0 Å². The van der Waals surface area contributed by atoms with Crippen molar-refractivity contribution in [2.45, 2.75) is 13.3 Å². The first-order valence-corrected chi connectivity index (χ1v) is 5.60. The Labute approximate surface area is 101 Å². The van der Waals surface area contributed by atoms with E-state index in [1.165, 1.54) is 0 Å². The monoisotopic (exact) mass is 235 g/mol. The molecule has 4 nitrogen and oxygen atoms in total. The van der Waals surface area contributed by atoms with Crippen molar-refractivity contribution in [3.8, 4) is 0 Å². The summed E-state index contributed by atoms with van der Waals surface area (Å²) >= 11 is 0. The van der Waals surface area contributed by atoms with Gasteiger partial charge in [0.25, 0.3) is 5.91 Å². The van der Waals surface area contributed by atoms with Crippen LogP contribution in [0.3, 0.4) is 0 Å². The molecule has 0 spiro atoms. The van der Waals surface area contributed by atoms with Gasteiger partial charge >= 0.3 is 0 Å². The average Bonchev–Trinajstić information content (AvgIpc) is 2.36. The molecular formula is C13H17NO3. The van der Waals surface area contributed by atoms with Crippen LogP contribution in [0.4, 0.5) is 0 Å². The Kier molecular flexibility index (Phi) is 5.36. The van der Waals surface area contributed by atoms with Gasteiger partial charge in [0, 0.05) is 18.0 Å². The molecule has 0 saturated heterocycles. The maximum Gasteiger partial charge on any atom is 0.251 e. The van der Waals surface area contributed by atoms with Crippen LogP contribution in [0.2, 0.25) is 0 Å². The number of rotatable bonds is 6. The summed E-state index contributed by atoms with van der Waals surface area (Å²) in [6.45, 7) is 2.04. The quantitative estimate of drug-likeness (QED) is 0.716. The van der Waals surface area contributed by atoms with Gasteiger partial charge in [-0.05, 0) is 24.1 Å². The molecular weight excluding hydrogens is 218 g/mol. The SMILES string of the molecule is CC(C=O)Cc1ccc(C(=O)NCCO)cc1. The van der Waals surface area contributed by atoms with Crippen molar-refractivity contribution in [1.29, 1.82) is 0 Å². The van der Waals surface area contributed by atoms with Crippen LogP contribution >= 0.6 is 0 Å². The molecule has 1 aromatic carbocycles. The Morgan fingerprint density at radius 3 is 2.59 bits per heavy atom. The zero-order valence-corrected chi connectivity index (χ0v) is 9.85. The van der Waals surface area contributed by atoms with Crippen molar-refractivity contribution < 1.29 is 14.7 Å². The van der Waals surface area contributed by atoms with Crippen LogP contribution in [0.1, 0.15) is 22.8 Å².